The van der Waals surface area contributed by atoms with Crippen molar-refractivity contribution in [2.24, 2.45) is 0 Å². The highest BCUT2D eigenvalue weighted by molar-refractivity contribution is 5.85. The Morgan fingerprint density at radius 1 is 1.14 bits per heavy atom. The lowest BCUT2D eigenvalue weighted by Gasteiger charge is -2.18. The van der Waals surface area contributed by atoms with Crippen molar-refractivity contribution in [2.45, 2.75) is 38.5 Å². The Bertz CT molecular complexity index is 156. The fourth-order valence-electron chi connectivity index (χ4n) is 1.81. The number of hydrogen-bond acceptors (Lipinski definition) is 2. The van der Waals surface area contributed by atoms with Gasteiger partial charge in [-0.05, 0) is 38.9 Å². The third-order valence-corrected chi connectivity index (χ3v) is 2.56. The number of carbonyl (C=O) groups is 1. The quantitative estimate of drug-likeness (QED) is 0.791. The van der Waals surface area contributed by atoms with Crippen LogP contribution in [-0.2, 0) is 4.79 Å². The molecule has 1 fully saturated rings. The van der Waals surface area contributed by atoms with E-state index in [2.05, 4.69) is 4.90 Å². The van der Waals surface area contributed by atoms with Gasteiger partial charge in [0.05, 0.1) is 0 Å². The largest absolute Gasteiger partial charge is 0.481 e. The maximum absolute atomic E-state index is 10.3. The van der Waals surface area contributed by atoms with Gasteiger partial charge in [0, 0.05) is 6.42 Å². The lowest BCUT2D eigenvalue weighted by Crippen LogP contribution is -2.26. The predicted octanol–water partition coefficient (Wildman–Crippen LogP) is 2.15. The maximum atomic E-state index is 10.3. The average Bonchev–Trinajstić information content (AvgIpc) is 2.32. The zero-order valence-electron chi connectivity index (χ0n) is 8.57. The summed E-state index contributed by atoms with van der Waals surface area (Å²) in [7, 11) is 0. The van der Waals surface area contributed by atoms with Crippen LogP contribution in [-0.4, -0.2) is 35.6 Å². The molecule has 0 aliphatic carbocycles. The van der Waals surface area contributed by atoms with Gasteiger partial charge in [-0.2, -0.15) is 0 Å². The summed E-state index contributed by atoms with van der Waals surface area (Å²) in [6, 6.07) is 0. The van der Waals surface area contributed by atoms with Crippen molar-refractivity contribution in [2.75, 3.05) is 19.6 Å². The molecule has 1 heterocycles. The topological polar surface area (TPSA) is 40.5 Å². The second-order valence-corrected chi connectivity index (χ2v) is 3.75. The normalized spacial score (nSPS) is 18.3. The van der Waals surface area contributed by atoms with Crippen molar-refractivity contribution in [1.29, 1.82) is 0 Å². The van der Waals surface area contributed by atoms with E-state index >= 15 is 0 Å². The standard InChI is InChI=1S/C10H19NO2.ClH/c12-10(13)6-5-9-11-7-3-1-2-4-8-11;/h1-9H2,(H,12,13);1H. The number of hydrogen-bond donors (Lipinski definition) is 1. The van der Waals surface area contributed by atoms with Gasteiger partial charge in [0.15, 0.2) is 0 Å². The average molecular weight is 222 g/mol. The third kappa shape index (κ3) is 6.22. The summed E-state index contributed by atoms with van der Waals surface area (Å²) in [5.74, 6) is -0.671. The Morgan fingerprint density at radius 2 is 1.71 bits per heavy atom. The lowest BCUT2D eigenvalue weighted by molar-refractivity contribution is -0.137. The van der Waals surface area contributed by atoms with E-state index in [1.165, 1.54) is 38.8 Å². The highest BCUT2D eigenvalue weighted by atomic mass is 35.5. The number of nitrogens with zero attached hydrogens (tertiary/aromatic N) is 1. The second-order valence-electron chi connectivity index (χ2n) is 3.75. The molecule has 3 nitrogen and oxygen atoms in total. The summed E-state index contributed by atoms with van der Waals surface area (Å²) in [6.07, 6.45) is 6.37. The Balaban J connectivity index is 0.00000169. The van der Waals surface area contributed by atoms with E-state index in [9.17, 15) is 4.79 Å². The fourth-order valence-corrected chi connectivity index (χ4v) is 1.81. The third-order valence-electron chi connectivity index (χ3n) is 2.56. The van der Waals surface area contributed by atoms with Gasteiger partial charge in [0.2, 0.25) is 0 Å². The smallest absolute Gasteiger partial charge is 0.303 e. The summed E-state index contributed by atoms with van der Waals surface area (Å²) >= 11 is 0. The van der Waals surface area contributed by atoms with E-state index in [0.717, 1.165) is 13.0 Å². The van der Waals surface area contributed by atoms with Crippen molar-refractivity contribution < 1.29 is 9.90 Å². The molecule has 0 aromatic heterocycles. The number of carboxylic acids is 1. The molecule has 1 saturated heterocycles. The van der Waals surface area contributed by atoms with E-state index < -0.39 is 5.97 Å². The monoisotopic (exact) mass is 221 g/mol. The van der Waals surface area contributed by atoms with Crippen LogP contribution in [0.3, 0.4) is 0 Å². The minimum absolute atomic E-state index is 0. The molecular formula is C10H20ClNO2. The van der Waals surface area contributed by atoms with Crippen LogP contribution in [0.2, 0.25) is 0 Å². The van der Waals surface area contributed by atoms with Gasteiger partial charge in [-0.3, -0.25) is 4.79 Å². The first-order valence-electron chi connectivity index (χ1n) is 5.23. The summed E-state index contributed by atoms with van der Waals surface area (Å²) in [4.78, 5) is 12.7. The van der Waals surface area contributed by atoms with Crippen LogP contribution < -0.4 is 0 Å². The number of halogens is 1. The first kappa shape index (κ1) is 13.7. The Hall–Kier alpha value is -0.280. The molecule has 0 radical (unpaired) electrons. The minimum atomic E-state index is -0.671. The molecule has 84 valence electrons. The van der Waals surface area contributed by atoms with Crippen molar-refractivity contribution in [3.8, 4) is 0 Å². The summed E-state index contributed by atoms with van der Waals surface area (Å²) in [6.45, 7) is 3.30. The molecule has 1 N–H and O–H groups in total. The molecule has 14 heavy (non-hydrogen) atoms. The SMILES string of the molecule is Cl.O=C(O)CCCN1CCCCCC1. The summed E-state index contributed by atoms with van der Waals surface area (Å²) in [5, 5.41) is 8.48. The van der Waals surface area contributed by atoms with Crippen LogP contribution in [0.15, 0.2) is 0 Å². The highest BCUT2D eigenvalue weighted by Gasteiger charge is 2.08. The molecule has 0 unspecified atom stereocenters. The van der Waals surface area contributed by atoms with Crippen LogP contribution in [0.4, 0.5) is 0 Å². The molecule has 0 bridgehead atoms. The van der Waals surface area contributed by atoms with Gasteiger partial charge in [-0.25, -0.2) is 0 Å². The van der Waals surface area contributed by atoms with Crippen molar-refractivity contribution >= 4 is 18.4 Å². The fraction of sp³-hybridized carbons (Fsp3) is 0.900. The predicted molar refractivity (Wildman–Crippen MR) is 59.0 cm³/mol. The Kier molecular flexibility index (Phi) is 7.90. The van der Waals surface area contributed by atoms with Crippen LogP contribution in [0.5, 0.6) is 0 Å². The van der Waals surface area contributed by atoms with E-state index in [4.69, 9.17) is 5.11 Å². The lowest BCUT2D eigenvalue weighted by atomic mass is 10.2. The van der Waals surface area contributed by atoms with Gasteiger partial charge in [0.25, 0.3) is 0 Å². The first-order valence-corrected chi connectivity index (χ1v) is 5.23. The molecule has 0 aromatic carbocycles. The molecule has 0 amide bonds. The number of likely N-dealkylation sites (tertiary alicyclic amines) is 1. The van der Waals surface area contributed by atoms with Crippen LogP contribution in [0, 0.1) is 0 Å². The molecule has 0 spiro atoms. The molecule has 0 atom stereocenters. The number of aliphatic carboxylic acids is 1. The molecule has 0 aromatic rings. The van der Waals surface area contributed by atoms with E-state index in [-0.39, 0.29) is 12.4 Å². The minimum Gasteiger partial charge on any atom is -0.481 e. The van der Waals surface area contributed by atoms with Crippen molar-refractivity contribution in [3.63, 3.8) is 0 Å². The van der Waals surface area contributed by atoms with Crippen molar-refractivity contribution in [1.82, 2.24) is 4.90 Å². The molecule has 1 rings (SSSR count). The maximum Gasteiger partial charge on any atom is 0.303 e. The van der Waals surface area contributed by atoms with Gasteiger partial charge >= 0.3 is 5.97 Å². The van der Waals surface area contributed by atoms with E-state index in [1.54, 1.807) is 0 Å². The molecule has 1 aliphatic heterocycles. The Morgan fingerprint density at radius 3 is 2.21 bits per heavy atom. The zero-order valence-corrected chi connectivity index (χ0v) is 9.39. The van der Waals surface area contributed by atoms with Gasteiger partial charge in [0.1, 0.15) is 0 Å². The molecular weight excluding hydrogens is 202 g/mol. The summed E-state index contributed by atoms with van der Waals surface area (Å²) in [5.41, 5.74) is 0. The highest BCUT2D eigenvalue weighted by Crippen LogP contribution is 2.10. The van der Waals surface area contributed by atoms with Crippen LogP contribution >= 0.6 is 12.4 Å². The molecule has 1 aliphatic rings. The summed E-state index contributed by atoms with van der Waals surface area (Å²) < 4.78 is 0. The first-order chi connectivity index (χ1) is 6.29. The second kappa shape index (κ2) is 8.06. The van der Waals surface area contributed by atoms with Gasteiger partial charge in [-0.15, -0.1) is 12.4 Å². The van der Waals surface area contributed by atoms with E-state index in [0.29, 0.717) is 6.42 Å². The number of rotatable bonds is 4. The zero-order chi connectivity index (χ0) is 9.52. The molecule has 4 heteroatoms. The van der Waals surface area contributed by atoms with E-state index in [1.807, 2.05) is 0 Å². The Labute approximate surface area is 91.9 Å². The molecule has 0 saturated carbocycles. The van der Waals surface area contributed by atoms with Crippen LogP contribution in [0.1, 0.15) is 38.5 Å². The van der Waals surface area contributed by atoms with Crippen LogP contribution in [0.25, 0.3) is 0 Å². The van der Waals surface area contributed by atoms with Crippen molar-refractivity contribution in [3.05, 3.63) is 0 Å². The van der Waals surface area contributed by atoms with Gasteiger partial charge in [-0.1, -0.05) is 12.8 Å². The van der Waals surface area contributed by atoms with Gasteiger partial charge < -0.3 is 10.0 Å². The number of carboxylic acid groups (broad SMARTS) is 1.